The van der Waals surface area contributed by atoms with E-state index in [9.17, 15) is 4.79 Å². The second-order valence-corrected chi connectivity index (χ2v) is 5.80. The number of hydrogen-bond acceptors (Lipinski definition) is 6. The Kier molecular flexibility index (Phi) is 4.11. The summed E-state index contributed by atoms with van der Waals surface area (Å²) in [5.74, 6) is 0. The SMILES string of the molecule is CNCC1CN(Cc2cc(=O)n3ccsc3n2)CCO1. The average molecular weight is 294 g/mol. The molecule has 0 saturated carbocycles. The lowest BCUT2D eigenvalue weighted by molar-refractivity contribution is -0.0294. The molecule has 0 amide bonds. The number of nitrogens with one attached hydrogen (secondary N) is 1. The van der Waals surface area contributed by atoms with E-state index in [1.807, 2.05) is 12.4 Å². The predicted octanol–water partition coefficient (Wildman–Crippen LogP) is 0.176. The molecule has 1 atom stereocenters. The van der Waals surface area contributed by atoms with Gasteiger partial charge in [0.1, 0.15) is 0 Å². The zero-order valence-electron chi connectivity index (χ0n) is 11.4. The summed E-state index contributed by atoms with van der Waals surface area (Å²) in [6.07, 6.45) is 1.97. The van der Waals surface area contributed by atoms with Crippen LogP contribution in [0.4, 0.5) is 0 Å². The molecule has 2 aromatic rings. The Hall–Kier alpha value is -1.28. The van der Waals surface area contributed by atoms with Crippen molar-refractivity contribution in [3.63, 3.8) is 0 Å². The van der Waals surface area contributed by atoms with Gasteiger partial charge in [0, 0.05) is 43.8 Å². The van der Waals surface area contributed by atoms with E-state index >= 15 is 0 Å². The summed E-state index contributed by atoms with van der Waals surface area (Å²) in [6, 6.07) is 1.63. The first-order valence-electron chi connectivity index (χ1n) is 6.70. The third-order valence-electron chi connectivity index (χ3n) is 3.40. The Morgan fingerprint density at radius 1 is 1.60 bits per heavy atom. The largest absolute Gasteiger partial charge is 0.374 e. The van der Waals surface area contributed by atoms with Crippen molar-refractivity contribution in [3.05, 3.63) is 33.7 Å². The van der Waals surface area contributed by atoms with E-state index in [0.29, 0.717) is 6.54 Å². The Labute approximate surface area is 121 Å². The van der Waals surface area contributed by atoms with Crippen molar-refractivity contribution < 1.29 is 4.74 Å². The molecule has 1 saturated heterocycles. The van der Waals surface area contributed by atoms with Crippen LogP contribution in [0.2, 0.25) is 0 Å². The molecule has 0 aromatic carbocycles. The van der Waals surface area contributed by atoms with Gasteiger partial charge in [0.2, 0.25) is 0 Å². The Morgan fingerprint density at radius 3 is 3.35 bits per heavy atom. The summed E-state index contributed by atoms with van der Waals surface area (Å²) in [5.41, 5.74) is 0.828. The van der Waals surface area contributed by atoms with Crippen molar-refractivity contribution >= 4 is 16.3 Å². The van der Waals surface area contributed by atoms with Crippen LogP contribution in [0, 0.1) is 0 Å². The Bertz CT molecular complexity index is 637. The smallest absolute Gasteiger partial charge is 0.258 e. The number of likely N-dealkylation sites (N-methyl/N-ethyl adjacent to an activating group) is 1. The summed E-state index contributed by atoms with van der Waals surface area (Å²) in [4.78, 5) is 19.5. The molecule has 0 aliphatic carbocycles. The molecule has 1 aliphatic rings. The van der Waals surface area contributed by atoms with Crippen LogP contribution in [0.15, 0.2) is 22.4 Å². The Morgan fingerprint density at radius 2 is 2.50 bits per heavy atom. The van der Waals surface area contributed by atoms with Gasteiger partial charge in [-0.25, -0.2) is 4.98 Å². The lowest BCUT2D eigenvalue weighted by atomic mass is 10.2. The summed E-state index contributed by atoms with van der Waals surface area (Å²) < 4.78 is 7.26. The van der Waals surface area contributed by atoms with Crippen molar-refractivity contribution in [1.29, 1.82) is 0 Å². The highest BCUT2D eigenvalue weighted by Gasteiger charge is 2.20. The molecule has 0 spiro atoms. The van der Waals surface area contributed by atoms with Crippen LogP contribution in [-0.2, 0) is 11.3 Å². The molecule has 1 unspecified atom stereocenters. The molecule has 0 radical (unpaired) electrons. The average Bonchev–Trinajstić information content (AvgIpc) is 2.88. The molecule has 108 valence electrons. The standard InChI is InChI=1S/C13H18N4O2S/c1-14-7-11-9-16(2-4-19-11)8-10-6-12(18)17-3-5-20-13(17)15-10/h3,5-6,11,14H,2,4,7-9H2,1H3. The maximum atomic E-state index is 11.9. The van der Waals surface area contributed by atoms with Crippen molar-refractivity contribution in [3.8, 4) is 0 Å². The van der Waals surface area contributed by atoms with E-state index in [1.165, 1.54) is 11.3 Å². The number of morpholine rings is 1. The van der Waals surface area contributed by atoms with Gasteiger partial charge in [-0.1, -0.05) is 0 Å². The van der Waals surface area contributed by atoms with Crippen molar-refractivity contribution in [1.82, 2.24) is 19.6 Å². The van der Waals surface area contributed by atoms with Crippen molar-refractivity contribution in [2.45, 2.75) is 12.6 Å². The van der Waals surface area contributed by atoms with E-state index in [2.05, 4.69) is 15.2 Å². The minimum atomic E-state index is -0.00807. The molecule has 1 N–H and O–H groups in total. The second-order valence-electron chi connectivity index (χ2n) is 4.93. The molecule has 7 heteroatoms. The van der Waals surface area contributed by atoms with Crippen LogP contribution in [-0.4, -0.2) is 53.7 Å². The fraction of sp³-hybridized carbons (Fsp3) is 0.538. The van der Waals surface area contributed by atoms with Gasteiger partial charge in [0.05, 0.1) is 18.4 Å². The molecule has 1 fully saturated rings. The lowest BCUT2D eigenvalue weighted by Gasteiger charge is -2.32. The van der Waals surface area contributed by atoms with Crippen LogP contribution in [0.25, 0.3) is 4.96 Å². The number of rotatable bonds is 4. The minimum absolute atomic E-state index is 0.00807. The van der Waals surface area contributed by atoms with Crippen molar-refractivity contribution in [2.75, 3.05) is 33.3 Å². The van der Waals surface area contributed by atoms with E-state index < -0.39 is 0 Å². The fourth-order valence-electron chi connectivity index (χ4n) is 2.47. The molecule has 20 heavy (non-hydrogen) atoms. The van der Waals surface area contributed by atoms with Crippen molar-refractivity contribution in [2.24, 2.45) is 0 Å². The van der Waals surface area contributed by atoms with Gasteiger partial charge in [-0.3, -0.25) is 14.1 Å². The van der Waals surface area contributed by atoms with Gasteiger partial charge in [-0.05, 0) is 7.05 Å². The van der Waals surface area contributed by atoms with Gasteiger partial charge < -0.3 is 10.1 Å². The minimum Gasteiger partial charge on any atom is -0.374 e. The maximum absolute atomic E-state index is 11.9. The van der Waals surface area contributed by atoms with Crippen LogP contribution in [0.1, 0.15) is 5.69 Å². The molecule has 3 rings (SSSR count). The normalized spacial score (nSPS) is 20.6. The zero-order valence-corrected chi connectivity index (χ0v) is 12.2. The summed E-state index contributed by atoms with van der Waals surface area (Å²) in [6.45, 7) is 4.02. The van der Waals surface area contributed by atoms with Gasteiger partial charge >= 0.3 is 0 Å². The number of aromatic nitrogens is 2. The molecule has 1 aliphatic heterocycles. The van der Waals surface area contributed by atoms with Crippen LogP contribution in [0.3, 0.4) is 0 Å². The number of fused-ring (bicyclic) bond motifs is 1. The van der Waals surface area contributed by atoms with Crippen LogP contribution >= 0.6 is 11.3 Å². The molecule has 0 bridgehead atoms. The quantitative estimate of drug-likeness (QED) is 0.871. The van der Waals surface area contributed by atoms with Gasteiger partial charge in [-0.2, -0.15) is 0 Å². The topological polar surface area (TPSA) is 58.9 Å². The van der Waals surface area contributed by atoms with Gasteiger partial charge in [0.15, 0.2) is 4.96 Å². The molecular weight excluding hydrogens is 276 g/mol. The monoisotopic (exact) mass is 294 g/mol. The first kappa shape index (κ1) is 13.7. The van der Waals surface area contributed by atoms with Gasteiger partial charge in [-0.15, -0.1) is 11.3 Å². The highest BCUT2D eigenvalue weighted by molar-refractivity contribution is 7.15. The Balaban J connectivity index is 1.73. The number of nitrogens with zero attached hydrogens (tertiary/aromatic N) is 3. The molecular formula is C13H18N4O2S. The fourth-order valence-corrected chi connectivity index (χ4v) is 3.21. The predicted molar refractivity (Wildman–Crippen MR) is 78.3 cm³/mol. The van der Waals surface area contributed by atoms with Crippen LogP contribution < -0.4 is 10.9 Å². The van der Waals surface area contributed by atoms with Gasteiger partial charge in [0.25, 0.3) is 5.56 Å². The molecule has 2 aromatic heterocycles. The summed E-state index contributed by atoms with van der Waals surface area (Å²) in [5, 5.41) is 5.01. The summed E-state index contributed by atoms with van der Waals surface area (Å²) in [7, 11) is 1.93. The lowest BCUT2D eigenvalue weighted by Crippen LogP contribution is -2.45. The summed E-state index contributed by atoms with van der Waals surface area (Å²) >= 11 is 1.48. The molecule has 3 heterocycles. The number of thiazole rings is 1. The first-order valence-corrected chi connectivity index (χ1v) is 7.58. The highest BCUT2D eigenvalue weighted by Crippen LogP contribution is 2.11. The van der Waals surface area contributed by atoms with Crippen LogP contribution in [0.5, 0.6) is 0 Å². The van der Waals surface area contributed by atoms with E-state index in [4.69, 9.17) is 4.74 Å². The molecule has 6 nitrogen and oxygen atoms in total. The van der Waals surface area contributed by atoms with E-state index in [0.717, 1.165) is 36.9 Å². The third-order valence-corrected chi connectivity index (χ3v) is 4.15. The second kappa shape index (κ2) is 6.01. The number of hydrogen-bond donors (Lipinski definition) is 1. The zero-order chi connectivity index (χ0) is 13.9. The maximum Gasteiger partial charge on any atom is 0.258 e. The highest BCUT2D eigenvalue weighted by atomic mass is 32.1. The third kappa shape index (κ3) is 2.90. The van der Waals surface area contributed by atoms with E-state index in [1.54, 1.807) is 16.7 Å². The van der Waals surface area contributed by atoms with E-state index in [-0.39, 0.29) is 11.7 Å². The first-order chi connectivity index (χ1) is 9.76. The number of ether oxygens (including phenoxy) is 1.